The molecule has 0 spiro atoms. The fraction of sp³-hybridized carbons (Fsp3) is 0.600. The lowest BCUT2D eigenvalue weighted by atomic mass is 9.92. The molecule has 1 fully saturated rings. The van der Waals surface area contributed by atoms with Gasteiger partial charge in [0.05, 0.1) is 25.4 Å². The van der Waals surface area contributed by atoms with Gasteiger partial charge >= 0.3 is 0 Å². The van der Waals surface area contributed by atoms with Crippen molar-refractivity contribution in [3.63, 3.8) is 0 Å². The monoisotopic (exact) mass is 290 g/mol. The van der Waals surface area contributed by atoms with Gasteiger partial charge in [0.25, 0.3) is 0 Å². The van der Waals surface area contributed by atoms with Crippen LogP contribution in [-0.2, 0) is 17.8 Å². The number of carbonyl (C=O) groups excluding carboxylic acids is 1. The second-order valence-electron chi connectivity index (χ2n) is 5.74. The van der Waals surface area contributed by atoms with Crippen molar-refractivity contribution >= 4 is 5.91 Å². The summed E-state index contributed by atoms with van der Waals surface area (Å²) in [6.45, 7) is 4.14. The first kappa shape index (κ1) is 14.3. The molecule has 0 aromatic carbocycles. The maximum atomic E-state index is 12.3. The normalized spacial score (nSPS) is 20.7. The number of aliphatic hydroxyl groups is 1. The van der Waals surface area contributed by atoms with Crippen LogP contribution in [0.1, 0.15) is 37.1 Å². The van der Waals surface area contributed by atoms with E-state index in [4.69, 9.17) is 5.11 Å². The molecular weight excluding hydrogens is 268 g/mol. The van der Waals surface area contributed by atoms with E-state index in [0.29, 0.717) is 6.54 Å². The Hall–Kier alpha value is -1.66. The lowest BCUT2D eigenvalue weighted by molar-refractivity contribution is -0.118. The van der Waals surface area contributed by atoms with Crippen LogP contribution >= 0.6 is 0 Å². The molecular formula is C15H22N4O2. The van der Waals surface area contributed by atoms with Gasteiger partial charge in [-0.2, -0.15) is 5.10 Å². The minimum Gasteiger partial charge on any atom is -0.394 e. The number of nitrogens with zero attached hydrogens (tertiary/aromatic N) is 2. The van der Waals surface area contributed by atoms with E-state index in [1.165, 1.54) is 5.57 Å². The van der Waals surface area contributed by atoms with Crippen LogP contribution in [0.25, 0.3) is 0 Å². The number of rotatable bonds is 4. The van der Waals surface area contributed by atoms with Crippen LogP contribution in [-0.4, -0.2) is 40.5 Å². The number of fused-ring (bicyclic) bond motifs is 1. The summed E-state index contributed by atoms with van der Waals surface area (Å²) in [4.78, 5) is 12.3. The maximum Gasteiger partial charge on any atom is 0.247 e. The Morgan fingerprint density at radius 2 is 2.38 bits per heavy atom. The average Bonchev–Trinajstić information content (AvgIpc) is 2.82. The fourth-order valence-electron chi connectivity index (χ4n) is 3.00. The van der Waals surface area contributed by atoms with Crippen LogP contribution in [0.2, 0.25) is 0 Å². The number of hydrogen-bond acceptors (Lipinski definition) is 4. The highest BCUT2D eigenvalue weighted by molar-refractivity contribution is 5.94. The van der Waals surface area contributed by atoms with E-state index in [-0.39, 0.29) is 18.6 Å². The van der Waals surface area contributed by atoms with Gasteiger partial charge in [0.2, 0.25) is 5.91 Å². The van der Waals surface area contributed by atoms with Crippen molar-refractivity contribution in [3.8, 4) is 0 Å². The lowest BCUT2D eigenvalue weighted by Gasteiger charge is -2.26. The molecule has 6 heteroatoms. The van der Waals surface area contributed by atoms with Gasteiger partial charge in [0, 0.05) is 29.9 Å². The smallest absolute Gasteiger partial charge is 0.247 e. The first-order valence-corrected chi connectivity index (χ1v) is 7.56. The summed E-state index contributed by atoms with van der Waals surface area (Å²) in [6, 6.07) is 0.0391. The molecule has 21 heavy (non-hydrogen) atoms. The molecule has 2 heterocycles. The lowest BCUT2D eigenvalue weighted by Crippen LogP contribution is -2.38. The van der Waals surface area contributed by atoms with Crippen molar-refractivity contribution in [1.29, 1.82) is 0 Å². The highest BCUT2D eigenvalue weighted by Crippen LogP contribution is 2.30. The van der Waals surface area contributed by atoms with Crippen molar-refractivity contribution in [2.24, 2.45) is 0 Å². The van der Waals surface area contributed by atoms with Gasteiger partial charge in [-0.1, -0.05) is 0 Å². The summed E-state index contributed by atoms with van der Waals surface area (Å²) in [5, 5.41) is 19.7. The van der Waals surface area contributed by atoms with Gasteiger partial charge in [-0.3, -0.25) is 9.48 Å². The van der Waals surface area contributed by atoms with Gasteiger partial charge in [-0.05, 0) is 31.8 Å². The van der Waals surface area contributed by atoms with E-state index < -0.39 is 0 Å². The standard InChI is InChI=1S/C15H22N4O2/c1-10(11-7-16-8-11)15(21)18-13-3-2-4-14-12(13)9-17-19(14)5-6-20/h9,13,16,20H,2-8H2,1H3,(H,18,21). The summed E-state index contributed by atoms with van der Waals surface area (Å²) in [7, 11) is 0. The Morgan fingerprint density at radius 3 is 3.05 bits per heavy atom. The molecule has 1 aliphatic heterocycles. The molecule has 1 aromatic heterocycles. The summed E-state index contributed by atoms with van der Waals surface area (Å²) >= 11 is 0. The van der Waals surface area contributed by atoms with Crippen molar-refractivity contribution in [2.75, 3.05) is 19.7 Å². The number of nitrogens with one attached hydrogen (secondary N) is 2. The number of amides is 1. The Morgan fingerprint density at radius 1 is 1.57 bits per heavy atom. The molecule has 1 unspecified atom stereocenters. The first-order chi connectivity index (χ1) is 10.2. The van der Waals surface area contributed by atoms with Crippen molar-refractivity contribution in [1.82, 2.24) is 20.4 Å². The summed E-state index contributed by atoms with van der Waals surface area (Å²) in [5.41, 5.74) is 4.28. The third-order valence-electron chi connectivity index (χ3n) is 4.43. The zero-order chi connectivity index (χ0) is 14.8. The molecule has 1 aliphatic carbocycles. The van der Waals surface area contributed by atoms with Gasteiger partial charge in [-0.15, -0.1) is 0 Å². The van der Waals surface area contributed by atoms with Gasteiger partial charge in [-0.25, -0.2) is 0 Å². The summed E-state index contributed by atoms with van der Waals surface area (Å²) in [5.74, 6) is 0.0271. The molecule has 3 rings (SSSR count). The highest BCUT2D eigenvalue weighted by Gasteiger charge is 2.26. The van der Waals surface area contributed by atoms with Gasteiger partial charge in [0.1, 0.15) is 0 Å². The second kappa shape index (κ2) is 5.99. The summed E-state index contributed by atoms with van der Waals surface area (Å²) in [6.07, 6.45) is 4.78. The fourth-order valence-corrected chi connectivity index (χ4v) is 3.00. The van der Waals surface area contributed by atoms with Crippen molar-refractivity contribution in [2.45, 2.75) is 38.8 Å². The van der Waals surface area contributed by atoms with Gasteiger partial charge < -0.3 is 15.7 Å². The number of hydrogen-bond donors (Lipinski definition) is 3. The Bertz CT molecular complexity index is 570. The van der Waals surface area contributed by atoms with E-state index in [1.54, 1.807) is 0 Å². The van der Waals surface area contributed by atoms with Crippen LogP contribution in [0.4, 0.5) is 0 Å². The molecule has 6 nitrogen and oxygen atoms in total. The molecule has 1 aromatic rings. The third-order valence-corrected chi connectivity index (χ3v) is 4.43. The van der Waals surface area contributed by atoms with Crippen LogP contribution in [0.3, 0.4) is 0 Å². The van der Waals surface area contributed by atoms with Crippen molar-refractivity contribution in [3.05, 3.63) is 28.6 Å². The SMILES string of the molecule is CC(C(=O)NC1CCCc2c1cnn2CCO)=C1CNC1. The van der Waals surface area contributed by atoms with E-state index >= 15 is 0 Å². The maximum absolute atomic E-state index is 12.3. The molecule has 3 N–H and O–H groups in total. The second-order valence-corrected chi connectivity index (χ2v) is 5.74. The third kappa shape index (κ3) is 2.73. The number of aliphatic hydroxyl groups excluding tert-OH is 1. The number of aromatic nitrogens is 2. The van der Waals surface area contributed by atoms with Crippen LogP contribution in [0.15, 0.2) is 17.3 Å². The predicted octanol–water partition coefficient (Wildman–Crippen LogP) is 0.289. The molecule has 1 amide bonds. The molecule has 114 valence electrons. The van der Waals surface area contributed by atoms with Crippen molar-refractivity contribution < 1.29 is 9.90 Å². The average molecular weight is 290 g/mol. The minimum absolute atomic E-state index is 0.0271. The van der Waals surface area contributed by atoms with E-state index in [1.807, 2.05) is 17.8 Å². The zero-order valence-corrected chi connectivity index (χ0v) is 12.4. The topological polar surface area (TPSA) is 79.2 Å². The molecule has 0 radical (unpaired) electrons. The van der Waals surface area contributed by atoms with Gasteiger partial charge in [0.15, 0.2) is 0 Å². The molecule has 1 saturated heterocycles. The Labute approximate surface area is 124 Å². The molecule has 0 bridgehead atoms. The highest BCUT2D eigenvalue weighted by atomic mass is 16.3. The Kier molecular flexibility index (Phi) is 4.07. The Balaban J connectivity index is 1.75. The predicted molar refractivity (Wildman–Crippen MR) is 78.7 cm³/mol. The largest absolute Gasteiger partial charge is 0.394 e. The zero-order valence-electron chi connectivity index (χ0n) is 12.4. The van der Waals surface area contributed by atoms with E-state index in [9.17, 15) is 4.79 Å². The quantitative estimate of drug-likeness (QED) is 0.696. The molecule has 0 saturated carbocycles. The number of carbonyl (C=O) groups is 1. The van der Waals surface area contributed by atoms with Crippen LogP contribution in [0.5, 0.6) is 0 Å². The minimum atomic E-state index is 0.0271. The first-order valence-electron chi connectivity index (χ1n) is 7.56. The summed E-state index contributed by atoms with van der Waals surface area (Å²) < 4.78 is 1.86. The van der Waals surface area contributed by atoms with E-state index in [0.717, 1.165) is 49.2 Å². The molecule has 1 atom stereocenters. The van der Waals surface area contributed by atoms with E-state index in [2.05, 4.69) is 15.7 Å². The van der Waals surface area contributed by atoms with Crippen LogP contribution < -0.4 is 10.6 Å². The van der Waals surface area contributed by atoms with Crippen LogP contribution in [0, 0.1) is 0 Å². The molecule has 2 aliphatic rings.